The van der Waals surface area contributed by atoms with Crippen molar-refractivity contribution in [1.82, 2.24) is 9.47 Å². The molecule has 2 heterocycles. The quantitative estimate of drug-likeness (QED) is 0.536. The van der Waals surface area contributed by atoms with Crippen LogP contribution in [0.2, 0.25) is 0 Å². The van der Waals surface area contributed by atoms with Crippen molar-refractivity contribution in [2.75, 3.05) is 38.1 Å². The molecule has 0 amide bonds. The summed E-state index contributed by atoms with van der Waals surface area (Å²) in [7, 11) is 4.07. The van der Waals surface area contributed by atoms with Crippen LogP contribution in [0.3, 0.4) is 0 Å². The first-order valence-corrected chi connectivity index (χ1v) is 10.1. The highest BCUT2D eigenvalue weighted by molar-refractivity contribution is 6.10. The average molecular weight is 392 g/mol. The van der Waals surface area contributed by atoms with Gasteiger partial charge in [-0.3, -0.25) is 9.59 Å². The molecular formula is C24H29N3O2. The predicted octanol–water partition coefficient (Wildman–Crippen LogP) is 3.42. The zero-order valence-corrected chi connectivity index (χ0v) is 17.3. The first kappa shape index (κ1) is 20.8. The fourth-order valence-corrected chi connectivity index (χ4v) is 3.41. The van der Waals surface area contributed by atoms with Gasteiger partial charge in [0, 0.05) is 44.3 Å². The lowest BCUT2D eigenvalue weighted by Gasteiger charge is -2.22. The summed E-state index contributed by atoms with van der Waals surface area (Å²) in [5.41, 5.74) is 3.10. The summed E-state index contributed by atoms with van der Waals surface area (Å²) in [6.45, 7) is 4.31. The van der Waals surface area contributed by atoms with Crippen molar-refractivity contribution in [2.24, 2.45) is 7.05 Å². The Bertz CT molecular complexity index is 893. The summed E-state index contributed by atoms with van der Waals surface area (Å²) in [5.74, 6) is -0.381. The van der Waals surface area contributed by atoms with Crippen LogP contribution in [0.1, 0.15) is 24.1 Å². The molecule has 1 fully saturated rings. The number of carbonyl (C=O) groups excluding carboxylic acids is 2. The van der Waals surface area contributed by atoms with Gasteiger partial charge in [-0.25, -0.2) is 0 Å². The Morgan fingerprint density at radius 2 is 1.62 bits per heavy atom. The third-order valence-corrected chi connectivity index (χ3v) is 5.21. The lowest BCUT2D eigenvalue weighted by atomic mass is 10.1. The van der Waals surface area contributed by atoms with Gasteiger partial charge in [0.15, 0.2) is 11.6 Å². The number of aromatic nitrogens is 1. The summed E-state index contributed by atoms with van der Waals surface area (Å²) in [6, 6.07) is 12.1. The summed E-state index contributed by atoms with van der Waals surface area (Å²) >= 11 is 0. The molecule has 29 heavy (non-hydrogen) atoms. The van der Waals surface area contributed by atoms with Crippen molar-refractivity contribution < 1.29 is 9.59 Å². The van der Waals surface area contributed by atoms with E-state index in [9.17, 15) is 9.59 Å². The number of hydrogen-bond donors (Lipinski definition) is 0. The molecule has 3 rings (SSSR count). The number of rotatable bonds is 7. The monoisotopic (exact) mass is 391 g/mol. The Morgan fingerprint density at radius 3 is 2.31 bits per heavy atom. The van der Waals surface area contributed by atoms with Gasteiger partial charge in [-0.05, 0) is 68.1 Å². The third kappa shape index (κ3) is 6.29. The van der Waals surface area contributed by atoms with Gasteiger partial charge in [0.1, 0.15) is 0 Å². The van der Waals surface area contributed by atoms with Gasteiger partial charge in [-0.15, -0.1) is 0 Å². The minimum absolute atomic E-state index is 0.114. The molecule has 1 aliphatic heterocycles. The molecule has 0 bridgehead atoms. The number of aryl methyl sites for hydroxylation is 1. The van der Waals surface area contributed by atoms with E-state index >= 15 is 0 Å². The van der Waals surface area contributed by atoms with Crippen LogP contribution >= 0.6 is 0 Å². The van der Waals surface area contributed by atoms with Gasteiger partial charge >= 0.3 is 0 Å². The second kappa shape index (κ2) is 10.0. The van der Waals surface area contributed by atoms with Crippen molar-refractivity contribution in [1.29, 1.82) is 0 Å². The predicted molar refractivity (Wildman–Crippen MR) is 119 cm³/mol. The molecule has 5 nitrogen and oxygen atoms in total. The van der Waals surface area contributed by atoms with Crippen molar-refractivity contribution in [3.63, 3.8) is 0 Å². The summed E-state index contributed by atoms with van der Waals surface area (Å²) < 4.78 is 1.92. The molecular weight excluding hydrogens is 362 g/mol. The van der Waals surface area contributed by atoms with Crippen LogP contribution in [0.25, 0.3) is 12.2 Å². The number of likely N-dealkylation sites (N-methyl/N-ethyl adjacent to an activating group) is 1. The number of allylic oxidation sites excluding steroid dienone is 2. The highest BCUT2D eigenvalue weighted by Crippen LogP contribution is 2.18. The lowest BCUT2D eigenvalue weighted by molar-refractivity contribution is -0.121. The number of nitrogens with zero attached hydrogens (tertiary/aromatic N) is 3. The molecule has 5 heteroatoms. The highest BCUT2D eigenvalue weighted by Gasteiger charge is 2.12. The minimum atomic E-state index is -0.192. The van der Waals surface area contributed by atoms with E-state index in [2.05, 4.69) is 29.0 Å². The molecule has 152 valence electrons. The van der Waals surface area contributed by atoms with Gasteiger partial charge in [-0.2, -0.15) is 0 Å². The Labute approximate surface area is 172 Å². The van der Waals surface area contributed by atoms with Crippen LogP contribution in [0, 0.1) is 0 Å². The Balaban J connectivity index is 1.51. The first-order valence-electron chi connectivity index (χ1n) is 10.1. The van der Waals surface area contributed by atoms with Crippen LogP contribution < -0.4 is 4.90 Å². The van der Waals surface area contributed by atoms with Gasteiger partial charge in [-0.1, -0.05) is 18.2 Å². The van der Waals surface area contributed by atoms with Crippen LogP contribution in [0.15, 0.2) is 54.7 Å². The van der Waals surface area contributed by atoms with E-state index in [-0.39, 0.29) is 18.0 Å². The van der Waals surface area contributed by atoms with E-state index in [1.54, 1.807) is 12.2 Å². The Kier molecular flexibility index (Phi) is 7.19. The van der Waals surface area contributed by atoms with E-state index in [0.717, 1.165) is 37.4 Å². The molecule has 0 atom stereocenters. The fourth-order valence-electron chi connectivity index (χ4n) is 3.41. The van der Waals surface area contributed by atoms with Gasteiger partial charge in [0.2, 0.25) is 0 Å². The molecule has 0 N–H and O–H groups in total. The second-order valence-electron chi connectivity index (χ2n) is 7.56. The van der Waals surface area contributed by atoms with E-state index in [1.165, 1.54) is 24.3 Å². The molecule has 0 spiro atoms. The molecule has 0 saturated carbocycles. The molecule has 1 saturated heterocycles. The fraction of sp³-hybridized carbons (Fsp3) is 0.333. The van der Waals surface area contributed by atoms with Crippen LogP contribution in [0.4, 0.5) is 5.69 Å². The van der Waals surface area contributed by atoms with Crippen molar-refractivity contribution in [2.45, 2.75) is 12.8 Å². The van der Waals surface area contributed by atoms with E-state index in [1.807, 2.05) is 42.1 Å². The Morgan fingerprint density at radius 1 is 0.897 bits per heavy atom. The molecule has 2 aromatic rings. The lowest BCUT2D eigenvalue weighted by Crippen LogP contribution is -2.28. The average Bonchev–Trinajstić information content (AvgIpc) is 2.99. The van der Waals surface area contributed by atoms with E-state index < -0.39 is 0 Å². The third-order valence-electron chi connectivity index (χ3n) is 5.21. The maximum Gasteiger partial charge on any atom is 0.163 e. The standard InChI is InChI=1S/C24H29N3O2/c1-25-14-4-16-27(18-17-25)22-9-6-20(7-10-22)8-12-23(28)19-24(29)13-11-21-5-3-15-26(21)2/h3,5-13,15H,4,14,16-19H2,1-2H3. The molecule has 0 aliphatic carbocycles. The van der Waals surface area contributed by atoms with Crippen molar-refractivity contribution in [3.8, 4) is 0 Å². The van der Waals surface area contributed by atoms with Gasteiger partial charge in [0.25, 0.3) is 0 Å². The van der Waals surface area contributed by atoms with Crippen LogP contribution in [0.5, 0.6) is 0 Å². The van der Waals surface area contributed by atoms with Crippen molar-refractivity contribution >= 4 is 29.4 Å². The topological polar surface area (TPSA) is 45.6 Å². The summed E-state index contributed by atoms with van der Waals surface area (Å²) in [4.78, 5) is 28.8. The largest absolute Gasteiger partial charge is 0.370 e. The normalized spacial score (nSPS) is 15.9. The van der Waals surface area contributed by atoms with Crippen molar-refractivity contribution in [3.05, 3.63) is 66.0 Å². The maximum atomic E-state index is 12.1. The number of benzene rings is 1. The van der Waals surface area contributed by atoms with E-state index in [0.29, 0.717) is 0 Å². The molecule has 0 unspecified atom stereocenters. The number of ketones is 2. The zero-order valence-electron chi connectivity index (χ0n) is 17.3. The number of carbonyl (C=O) groups is 2. The van der Waals surface area contributed by atoms with Crippen LogP contribution in [-0.4, -0.2) is 54.3 Å². The van der Waals surface area contributed by atoms with E-state index in [4.69, 9.17) is 0 Å². The number of anilines is 1. The molecule has 1 aromatic carbocycles. The Hall–Kier alpha value is -2.92. The smallest absolute Gasteiger partial charge is 0.163 e. The second-order valence-corrected chi connectivity index (χ2v) is 7.56. The molecule has 1 aliphatic rings. The molecule has 0 radical (unpaired) electrons. The zero-order chi connectivity index (χ0) is 20.6. The maximum absolute atomic E-state index is 12.1. The van der Waals surface area contributed by atoms with Gasteiger partial charge in [0.05, 0.1) is 6.42 Å². The highest BCUT2D eigenvalue weighted by atomic mass is 16.1. The summed E-state index contributed by atoms with van der Waals surface area (Å²) in [6.07, 6.45) is 9.43. The number of hydrogen-bond acceptors (Lipinski definition) is 4. The minimum Gasteiger partial charge on any atom is -0.370 e. The first-order chi connectivity index (χ1) is 14.0. The molecule has 1 aromatic heterocycles. The van der Waals surface area contributed by atoms with Crippen LogP contribution in [-0.2, 0) is 16.6 Å². The van der Waals surface area contributed by atoms with Gasteiger partial charge < -0.3 is 14.4 Å². The SMILES string of the molecule is CN1CCCN(c2ccc(C=CC(=O)CC(=O)C=Cc3cccn3C)cc2)CC1. The summed E-state index contributed by atoms with van der Waals surface area (Å²) in [5, 5.41) is 0.